The number of benzene rings is 1. The Morgan fingerprint density at radius 2 is 2.00 bits per heavy atom. The monoisotopic (exact) mass is 380 g/mol. The molecule has 8 heteroatoms. The van der Waals surface area contributed by atoms with Crippen LogP contribution in [0.1, 0.15) is 28.1 Å². The number of carbonyl (C=O) groups is 1. The van der Waals surface area contributed by atoms with Gasteiger partial charge in [0.1, 0.15) is 16.6 Å². The molecule has 136 valence electrons. The third-order valence-electron chi connectivity index (χ3n) is 4.48. The van der Waals surface area contributed by atoms with Gasteiger partial charge in [-0.25, -0.2) is 4.99 Å². The molecule has 1 saturated heterocycles. The first-order chi connectivity index (χ1) is 12.3. The van der Waals surface area contributed by atoms with E-state index in [1.807, 2.05) is 17.9 Å². The van der Waals surface area contributed by atoms with Crippen LogP contribution >= 0.6 is 11.3 Å². The van der Waals surface area contributed by atoms with E-state index in [4.69, 9.17) is 4.99 Å². The number of Topliss-reactive ketones (excluding diaryl/α,β-unsaturated/α-hetero) is 1. The summed E-state index contributed by atoms with van der Waals surface area (Å²) in [5.41, 5.74) is 1.38. The molecule has 0 aliphatic carbocycles. The van der Waals surface area contributed by atoms with Gasteiger partial charge in [0.2, 0.25) is 0 Å². The summed E-state index contributed by atoms with van der Waals surface area (Å²) in [6, 6.07) is 7.55. The number of ether oxygens (including phenoxy) is 1. The van der Waals surface area contributed by atoms with Crippen LogP contribution in [0.15, 0.2) is 35.3 Å². The quantitative estimate of drug-likeness (QED) is 0.728. The maximum atomic E-state index is 12.8. The van der Waals surface area contributed by atoms with Gasteiger partial charge >= 0.3 is 6.36 Å². The molecule has 1 aromatic carbocycles. The molecule has 2 aromatic rings. The van der Waals surface area contributed by atoms with Crippen molar-refractivity contribution in [3.63, 3.8) is 0 Å². The maximum absolute atomic E-state index is 12.8. The predicted molar refractivity (Wildman–Crippen MR) is 93.7 cm³/mol. The molecule has 4 rings (SSSR count). The normalized spacial score (nSPS) is 19.7. The lowest BCUT2D eigenvalue weighted by atomic mass is 9.87. The number of thiophene rings is 1. The van der Waals surface area contributed by atoms with Crippen molar-refractivity contribution < 1.29 is 22.7 Å². The molecule has 1 fully saturated rings. The Hall–Kier alpha value is -2.35. The highest BCUT2D eigenvalue weighted by Crippen LogP contribution is 2.40. The average molecular weight is 380 g/mol. The first-order valence-electron chi connectivity index (χ1n) is 8.18. The standard InChI is InChI=1S/C18H15F3N2O2S/c1-10-9-14-15(24)13-3-2-8-23(16(13)22-17(14)26-10)11-4-6-12(7-5-11)25-18(19,20)21/h4-7,9,13H,2-3,8H2,1H3. The van der Waals surface area contributed by atoms with E-state index < -0.39 is 6.36 Å². The van der Waals surface area contributed by atoms with Crippen molar-refractivity contribution in [2.24, 2.45) is 10.9 Å². The van der Waals surface area contributed by atoms with E-state index in [0.29, 0.717) is 28.6 Å². The van der Waals surface area contributed by atoms with Crippen molar-refractivity contribution in [2.75, 3.05) is 11.4 Å². The lowest BCUT2D eigenvalue weighted by Gasteiger charge is -2.36. The van der Waals surface area contributed by atoms with Crippen molar-refractivity contribution in [3.05, 3.63) is 40.8 Å². The van der Waals surface area contributed by atoms with Crippen molar-refractivity contribution in [1.82, 2.24) is 0 Å². The molecule has 1 aromatic heterocycles. The second-order valence-corrected chi connectivity index (χ2v) is 7.53. The molecule has 3 heterocycles. The Morgan fingerprint density at radius 3 is 2.69 bits per heavy atom. The number of aliphatic imine (C=N–C) groups is 1. The van der Waals surface area contributed by atoms with Crippen LogP contribution in [0.4, 0.5) is 23.9 Å². The number of hydrogen-bond donors (Lipinski definition) is 0. The number of aryl methyl sites for hydroxylation is 1. The summed E-state index contributed by atoms with van der Waals surface area (Å²) in [6.07, 6.45) is -3.17. The highest BCUT2D eigenvalue weighted by Gasteiger charge is 2.38. The van der Waals surface area contributed by atoms with Crippen LogP contribution < -0.4 is 9.64 Å². The first-order valence-corrected chi connectivity index (χ1v) is 9.00. The van der Waals surface area contributed by atoms with E-state index in [9.17, 15) is 18.0 Å². The number of fused-ring (bicyclic) bond motifs is 2. The molecule has 0 radical (unpaired) electrons. The number of piperidine rings is 1. The third-order valence-corrected chi connectivity index (χ3v) is 5.42. The van der Waals surface area contributed by atoms with Gasteiger partial charge in [0.15, 0.2) is 5.78 Å². The zero-order chi connectivity index (χ0) is 18.5. The Bertz CT molecular complexity index is 887. The van der Waals surface area contributed by atoms with Crippen LogP contribution in [0, 0.1) is 12.8 Å². The van der Waals surface area contributed by atoms with Crippen LogP contribution in [-0.2, 0) is 0 Å². The largest absolute Gasteiger partial charge is 0.573 e. The van der Waals surface area contributed by atoms with Crippen LogP contribution in [0.25, 0.3) is 0 Å². The van der Waals surface area contributed by atoms with Crippen LogP contribution in [0.3, 0.4) is 0 Å². The zero-order valence-corrected chi connectivity index (χ0v) is 14.7. The molecule has 1 atom stereocenters. The van der Waals surface area contributed by atoms with Gasteiger partial charge in [-0.3, -0.25) is 4.79 Å². The number of ketones is 1. The summed E-state index contributed by atoms with van der Waals surface area (Å²) < 4.78 is 40.9. The molecule has 4 nitrogen and oxygen atoms in total. The number of halogens is 3. The number of alkyl halides is 3. The number of rotatable bonds is 2. The summed E-state index contributed by atoms with van der Waals surface area (Å²) in [7, 11) is 0. The van der Waals surface area contributed by atoms with Crippen LogP contribution in [-0.4, -0.2) is 24.5 Å². The molecule has 0 N–H and O–H groups in total. The average Bonchev–Trinajstić information content (AvgIpc) is 2.95. The summed E-state index contributed by atoms with van der Waals surface area (Å²) in [5.74, 6) is 0.195. The van der Waals surface area contributed by atoms with Gasteiger partial charge in [0, 0.05) is 17.1 Å². The second-order valence-electron chi connectivity index (χ2n) is 6.30. The Labute approximate surface area is 151 Å². The van der Waals surface area contributed by atoms with Gasteiger partial charge in [-0.05, 0) is 50.1 Å². The number of carbonyl (C=O) groups excluding carboxylic acids is 1. The summed E-state index contributed by atoms with van der Waals surface area (Å²) in [6.45, 7) is 2.61. The molecule has 2 aliphatic rings. The third kappa shape index (κ3) is 3.09. The lowest BCUT2D eigenvalue weighted by molar-refractivity contribution is -0.274. The molecule has 0 spiro atoms. The molecule has 26 heavy (non-hydrogen) atoms. The minimum atomic E-state index is -4.72. The maximum Gasteiger partial charge on any atom is 0.573 e. The van der Waals surface area contributed by atoms with Crippen molar-refractivity contribution >= 4 is 33.6 Å². The fraction of sp³-hybridized carbons (Fsp3) is 0.333. The van der Waals surface area contributed by atoms with Crippen LogP contribution in [0.2, 0.25) is 0 Å². The van der Waals surface area contributed by atoms with Gasteiger partial charge in [-0.1, -0.05) is 0 Å². The molecular formula is C18H15F3N2O2S. The van der Waals surface area contributed by atoms with E-state index in [2.05, 4.69) is 4.74 Å². The van der Waals surface area contributed by atoms with E-state index in [1.165, 1.54) is 23.5 Å². The van der Waals surface area contributed by atoms with Crippen LogP contribution in [0.5, 0.6) is 5.75 Å². The van der Waals surface area contributed by atoms with Crippen molar-refractivity contribution in [2.45, 2.75) is 26.1 Å². The lowest BCUT2D eigenvalue weighted by Crippen LogP contribution is -2.45. The van der Waals surface area contributed by atoms with Crippen molar-refractivity contribution in [1.29, 1.82) is 0 Å². The van der Waals surface area contributed by atoms with Gasteiger partial charge in [-0.2, -0.15) is 0 Å². The van der Waals surface area contributed by atoms with Gasteiger partial charge in [0.25, 0.3) is 0 Å². The van der Waals surface area contributed by atoms with Gasteiger partial charge in [-0.15, -0.1) is 24.5 Å². The minimum Gasteiger partial charge on any atom is -0.406 e. The highest BCUT2D eigenvalue weighted by molar-refractivity contribution is 7.16. The van der Waals surface area contributed by atoms with E-state index in [-0.39, 0.29) is 17.5 Å². The van der Waals surface area contributed by atoms with E-state index >= 15 is 0 Å². The molecule has 1 unspecified atom stereocenters. The Kier molecular flexibility index (Phi) is 4.02. The molecule has 2 aliphatic heterocycles. The first kappa shape index (κ1) is 17.1. The van der Waals surface area contributed by atoms with E-state index in [0.717, 1.165) is 17.7 Å². The minimum absolute atomic E-state index is 0.0797. The number of nitrogens with zero attached hydrogens (tertiary/aromatic N) is 2. The summed E-state index contributed by atoms with van der Waals surface area (Å²) in [5, 5.41) is 0.711. The number of hydrogen-bond acceptors (Lipinski definition) is 5. The fourth-order valence-electron chi connectivity index (χ4n) is 3.41. The summed E-state index contributed by atoms with van der Waals surface area (Å²) in [4.78, 5) is 20.5. The van der Waals surface area contributed by atoms with Gasteiger partial charge < -0.3 is 9.64 Å². The van der Waals surface area contributed by atoms with Crippen molar-refractivity contribution in [3.8, 4) is 5.75 Å². The molecular weight excluding hydrogens is 365 g/mol. The molecule has 0 amide bonds. The Balaban J connectivity index is 1.67. The molecule has 0 saturated carbocycles. The summed E-state index contributed by atoms with van der Waals surface area (Å²) >= 11 is 1.48. The predicted octanol–water partition coefficient (Wildman–Crippen LogP) is 5.10. The number of amidine groups is 1. The zero-order valence-electron chi connectivity index (χ0n) is 13.8. The highest BCUT2D eigenvalue weighted by atomic mass is 32.1. The number of anilines is 1. The van der Waals surface area contributed by atoms with E-state index in [1.54, 1.807) is 12.1 Å². The fourth-order valence-corrected chi connectivity index (χ4v) is 4.30. The second kappa shape index (κ2) is 6.12. The smallest absolute Gasteiger partial charge is 0.406 e. The van der Waals surface area contributed by atoms with Gasteiger partial charge in [0.05, 0.1) is 11.5 Å². The molecule has 0 bridgehead atoms. The topological polar surface area (TPSA) is 41.9 Å². The SMILES string of the molecule is Cc1cc2c(s1)N=C1C(CCCN1c1ccc(OC(F)(F)F)cc1)C2=O. The Morgan fingerprint density at radius 1 is 1.27 bits per heavy atom.